The average molecular weight is 415 g/mol. The third-order valence-electron chi connectivity index (χ3n) is 5.53. The van der Waals surface area contributed by atoms with Crippen LogP contribution in [0.2, 0.25) is 0 Å². The van der Waals surface area contributed by atoms with Crippen molar-refractivity contribution in [1.29, 1.82) is 0 Å². The number of rotatable bonds is 5. The number of nitrogens with zero attached hydrogens (tertiary/aromatic N) is 1. The smallest absolute Gasteiger partial charge is 0.199 e. The van der Waals surface area contributed by atoms with E-state index in [9.17, 15) is 15.0 Å². The molecule has 0 bridgehead atoms. The number of aliphatic hydroxyl groups excluding tert-OH is 1. The molecule has 30 heavy (non-hydrogen) atoms. The Morgan fingerprint density at radius 1 is 1.13 bits per heavy atom. The van der Waals surface area contributed by atoms with Crippen LogP contribution in [0.15, 0.2) is 30.3 Å². The van der Waals surface area contributed by atoms with E-state index in [4.69, 9.17) is 18.9 Å². The largest absolute Gasteiger partial charge is 0.507 e. The molecule has 0 amide bonds. The van der Waals surface area contributed by atoms with Crippen molar-refractivity contribution >= 4 is 5.78 Å². The number of methoxy groups -OCH3 is 2. The molecule has 0 aromatic heterocycles. The summed E-state index contributed by atoms with van der Waals surface area (Å²) in [5, 5.41) is 21.2. The summed E-state index contributed by atoms with van der Waals surface area (Å²) in [5.41, 5.74) is 1.30. The number of hydrogen-bond donors (Lipinski definition) is 2. The lowest BCUT2D eigenvalue weighted by Crippen LogP contribution is -2.38. The van der Waals surface area contributed by atoms with Crippen LogP contribution in [0.5, 0.6) is 23.0 Å². The number of hydrogen-bond acceptors (Lipinski definition) is 8. The number of aromatic hydroxyl groups is 1. The Hall–Kier alpha value is -2.81. The molecule has 160 valence electrons. The number of ketones is 1. The Morgan fingerprint density at radius 2 is 1.90 bits per heavy atom. The summed E-state index contributed by atoms with van der Waals surface area (Å²) >= 11 is 0. The van der Waals surface area contributed by atoms with Gasteiger partial charge >= 0.3 is 0 Å². The van der Waals surface area contributed by atoms with Crippen LogP contribution in [0.1, 0.15) is 27.6 Å². The van der Waals surface area contributed by atoms with E-state index in [0.717, 1.165) is 13.1 Å². The van der Waals surface area contributed by atoms with E-state index in [1.54, 1.807) is 25.3 Å². The minimum absolute atomic E-state index is 0.0462. The summed E-state index contributed by atoms with van der Waals surface area (Å²) in [6, 6.07) is 8.04. The first-order chi connectivity index (χ1) is 14.5. The number of aliphatic hydroxyl groups is 1. The number of fused-ring (bicyclic) bond motifs is 1. The van der Waals surface area contributed by atoms with Crippen molar-refractivity contribution in [3.63, 3.8) is 0 Å². The lowest BCUT2D eigenvalue weighted by Gasteiger charge is -2.33. The van der Waals surface area contributed by atoms with Gasteiger partial charge in [-0.25, -0.2) is 0 Å². The first kappa shape index (κ1) is 20.5. The molecule has 2 heterocycles. The molecule has 2 N–H and O–H groups in total. The lowest BCUT2D eigenvalue weighted by atomic mass is 9.91. The van der Waals surface area contributed by atoms with Gasteiger partial charge in [-0.15, -0.1) is 0 Å². The molecule has 2 aliphatic heterocycles. The van der Waals surface area contributed by atoms with E-state index in [1.807, 2.05) is 0 Å². The number of morpholine rings is 1. The monoisotopic (exact) mass is 415 g/mol. The first-order valence-electron chi connectivity index (χ1n) is 9.79. The van der Waals surface area contributed by atoms with Crippen LogP contribution in [-0.4, -0.2) is 67.5 Å². The molecule has 2 unspecified atom stereocenters. The Bertz CT molecular complexity index is 939. The summed E-state index contributed by atoms with van der Waals surface area (Å²) in [6.45, 7) is 3.07. The number of phenolic OH excluding ortho intramolecular Hbond substituents is 1. The Labute approximate surface area is 174 Å². The average Bonchev–Trinajstić information content (AvgIpc) is 2.78. The summed E-state index contributed by atoms with van der Waals surface area (Å²) < 4.78 is 22.2. The second-order valence-electron chi connectivity index (χ2n) is 7.28. The third kappa shape index (κ3) is 3.69. The second kappa shape index (κ2) is 8.51. The van der Waals surface area contributed by atoms with Crippen LogP contribution >= 0.6 is 0 Å². The van der Waals surface area contributed by atoms with Gasteiger partial charge in [-0.2, -0.15) is 0 Å². The first-order valence-corrected chi connectivity index (χ1v) is 9.79. The van der Waals surface area contributed by atoms with Gasteiger partial charge in [-0.3, -0.25) is 9.69 Å². The molecule has 1 fully saturated rings. The molecule has 4 rings (SSSR count). The fourth-order valence-corrected chi connectivity index (χ4v) is 3.86. The lowest BCUT2D eigenvalue weighted by molar-refractivity contribution is 0.0176. The predicted molar refractivity (Wildman–Crippen MR) is 107 cm³/mol. The molecule has 8 nitrogen and oxygen atoms in total. The molecule has 1 saturated heterocycles. The van der Waals surface area contributed by atoms with E-state index in [-0.39, 0.29) is 11.3 Å². The summed E-state index contributed by atoms with van der Waals surface area (Å²) in [6.07, 6.45) is -2.38. The van der Waals surface area contributed by atoms with E-state index < -0.39 is 18.0 Å². The fraction of sp³-hybridized carbons (Fsp3) is 0.409. The highest BCUT2D eigenvalue weighted by molar-refractivity contribution is 6.03. The van der Waals surface area contributed by atoms with Crippen molar-refractivity contribution in [2.24, 2.45) is 0 Å². The van der Waals surface area contributed by atoms with Gasteiger partial charge in [0, 0.05) is 31.3 Å². The Morgan fingerprint density at radius 3 is 2.60 bits per heavy atom. The van der Waals surface area contributed by atoms with Crippen molar-refractivity contribution in [3.05, 3.63) is 47.0 Å². The standard InChI is InChI=1S/C22H25NO7/c1-27-13-3-4-14(18(11-13)28-2)22-20(26)19(25)15-5-6-17(24)16(21(15)30-22)12-23-7-9-29-10-8-23/h3-6,11,20,22,24,26H,7-10,12H2,1-2H3. The zero-order valence-electron chi connectivity index (χ0n) is 17.0. The zero-order chi connectivity index (χ0) is 21.3. The van der Waals surface area contributed by atoms with E-state index >= 15 is 0 Å². The number of Topliss-reactive ketones (excluding diaryl/α,β-unsaturated/α-hetero) is 1. The number of carbonyl (C=O) groups excluding carboxylic acids is 1. The van der Waals surface area contributed by atoms with E-state index in [1.165, 1.54) is 19.2 Å². The maximum Gasteiger partial charge on any atom is 0.199 e. The van der Waals surface area contributed by atoms with Crippen LogP contribution in [-0.2, 0) is 11.3 Å². The third-order valence-corrected chi connectivity index (χ3v) is 5.53. The molecule has 0 radical (unpaired) electrons. The number of benzene rings is 2. The summed E-state index contributed by atoms with van der Waals surface area (Å²) in [7, 11) is 3.04. The normalized spacial score (nSPS) is 21.6. The van der Waals surface area contributed by atoms with Gasteiger partial charge in [-0.1, -0.05) is 0 Å². The highest BCUT2D eigenvalue weighted by atomic mass is 16.5. The van der Waals surface area contributed by atoms with Gasteiger partial charge in [-0.05, 0) is 24.3 Å². The molecular formula is C22H25NO7. The topological polar surface area (TPSA) is 97.7 Å². The summed E-state index contributed by atoms with van der Waals surface area (Å²) in [4.78, 5) is 15.1. The van der Waals surface area contributed by atoms with Crippen molar-refractivity contribution < 1.29 is 34.0 Å². The Balaban J connectivity index is 1.73. The van der Waals surface area contributed by atoms with Gasteiger partial charge in [0.1, 0.15) is 23.0 Å². The predicted octanol–water partition coefficient (Wildman–Crippen LogP) is 1.92. The molecule has 0 aliphatic carbocycles. The van der Waals surface area contributed by atoms with Crippen LogP contribution in [0.25, 0.3) is 0 Å². The van der Waals surface area contributed by atoms with Crippen LogP contribution in [0, 0.1) is 0 Å². The SMILES string of the molecule is COc1ccc(C2Oc3c(ccc(O)c3CN3CCOCC3)C(=O)C2O)c(OC)c1. The second-order valence-corrected chi connectivity index (χ2v) is 7.28. The number of phenols is 1. The van der Waals surface area contributed by atoms with Crippen LogP contribution in [0.3, 0.4) is 0 Å². The van der Waals surface area contributed by atoms with Crippen molar-refractivity contribution in [3.8, 4) is 23.0 Å². The highest BCUT2D eigenvalue weighted by Gasteiger charge is 2.40. The molecule has 2 aromatic carbocycles. The van der Waals surface area contributed by atoms with Gasteiger partial charge in [0.25, 0.3) is 0 Å². The minimum Gasteiger partial charge on any atom is -0.507 e. The van der Waals surface area contributed by atoms with E-state index in [0.29, 0.717) is 48.1 Å². The van der Waals surface area contributed by atoms with Crippen LogP contribution in [0.4, 0.5) is 0 Å². The fourth-order valence-electron chi connectivity index (χ4n) is 3.86. The molecule has 8 heteroatoms. The minimum atomic E-state index is -1.40. The molecule has 2 aromatic rings. The van der Waals surface area contributed by atoms with Crippen LogP contribution < -0.4 is 14.2 Å². The van der Waals surface area contributed by atoms with Gasteiger partial charge in [0.05, 0.1) is 38.6 Å². The van der Waals surface area contributed by atoms with Gasteiger partial charge < -0.3 is 29.2 Å². The quantitative estimate of drug-likeness (QED) is 0.765. The van der Waals surface area contributed by atoms with Crippen molar-refractivity contribution in [1.82, 2.24) is 4.90 Å². The number of ether oxygens (including phenoxy) is 4. The maximum atomic E-state index is 13.0. The highest BCUT2D eigenvalue weighted by Crippen LogP contribution is 2.43. The van der Waals surface area contributed by atoms with Gasteiger partial charge in [0.15, 0.2) is 18.0 Å². The number of carbonyl (C=O) groups is 1. The molecule has 0 saturated carbocycles. The molecular weight excluding hydrogens is 390 g/mol. The summed E-state index contributed by atoms with van der Waals surface area (Å²) in [5.74, 6) is 0.898. The Kier molecular flexibility index (Phi) is 5.80. The van der Waals surface area contributed by atoms with Gasteiger partial charge in [0.2, 0.25) is 0 Å². The maximum absolute atomic E-state index is 13.0. The molecule has 0 spiro atoms. The molecule has 2 atom stereocenters. The van der Waals surface area contributed by atoms with Crippen molar-refractivity contribution in [2.45, 2.75) is 18.8 Å². The molecule has 2 aliphatic rings. The van der Waals surface area contributed by atoms with E-state index in [2.05, 4.69) is 4.90 Å². The zero-order valence-corrected chi connectivity index (χ0v) is 17.0. The van der Waals surface area contributed by atoms with Crippen molar-refractivity contribution in [2.75, 3.05) is 40.5 Å².